The van der Waals surface area contributed by atoms with Crippen LogP contribution in [0.1, 0.15) is 28.8 Å². The van der Waals surface area contributed by atoms with Gasteiger partial charge in [-0.1, -0.05) is 6.07 Å². The molecule has 0 saturated carbocycles. The third kappa shape index (κ3) is 3.17. The Bertz CT molecular complexity index is 557. The van der Waals surface area contributed by atoms with Gasteiger partial charge in [-0.2, -0.15) is 13.2 Å². The van der Waals surface area contributed by atoms with Gasteiger partial charge in [0.2, 0.25) is 0 Å². The van der Waals surface area contributed by atoms with Crippen LogP contribution >= 0.6 is 0 Å². The zero-order valence-corrected chi connectivity index (χ0v) is 11.3. The number of amides is 1. The second-order valence-corrected chi connectivity index (χ2v) is 4.76. The van der Waals surface area contributed by atoms with Gasteiger partial charge in [-0.25, -0.2) is 4.79 Å². The van der Waals surface area contributed by atoms with Crippen molar-refractivity contribution in [3.8, 4) is 0 Å². The number of hydrogen-bond acceptors (Lipinski definition) is 3. The van der Waals surface area contributed by atoms with E-state index in [1.807, 2.05) is 0 Å². The Morgan fingerprint density at radius 1 is 1.33 bits per heavy atom. The maximum atomic E-state index is 12.7. The third-order valence-electron chi connectivity index (χ3n) is 3.42. The molecule has 1 saturated heterocycles. The van der Waals surface area contributed by atoms with Gasteiger partial charge < -0.3 is 9.64 Å². The van der Waals surface area contributed by atoms with Crippen molar-refractivity contribution in [3.05, 3.63) is 35.4 Å². The molecule has 7 heteroatoms. The number of rotatable bonds is 2. The predicted molar refractivity (Wildman–Crippen MR) is 67.5 cm³/mol. The van der Waals surface area contributed by atoms with Crippen LogP contribution in [0.2, 0.25) is 0 Å². The van der Waals surface area contributed by atoms with Crippen molar-refractivity contribution < 1.29 is 27.5 Å². The highest BCUT2D eigenvalue weighted by Crippen LogP contribution is 2.30. The van der Waals surface area contributed by atoms with Gasteiger partial charge in [-0.05, 0) is 31.0 Å². The molecule has 0 spiro atoms. The maximum Gasteiger partial charge on any atom is 0.416 e. The molecular formula is C14H14F3NO3. The minimum Gasteiger partial charge on any atom is -0.467 e. The van der Waals surface area contributed by atoms with E-state index in [4.69, 9.17) is 0 Å². The molecule has 114 valence electrons. The topological polar surface area (TPSA) is 46.6 Å². The Labute approximate surface area is 119 Å². The predicted octanol–water partition coefficient (Wildman–Crippen LogP) is 2.48. The van der Waals surface area contributed by atoms with E-state index in [1.54, 1.807) is 0 Å². The third-order valence-corrected chi connectivity index (χ3v) is 3.42. The average molecular weight is 301 g/mol. The molecule has 0 bridgehead atoms. The van der Waals surface area contributed by atoms with Gasteiger partial charge in [-0.15, -0.1) is 0 Å². The number of carbonyl (C=O) groups is 2. The highest BCUT2D eigenvalue weighted by atomic mass is 19.4. The Morgan fingerprint density at radius 2 is 2.05 bits per heavy atom. The van der Waals surface area contributed by atoms with Crippen molar-refractivity contribution in [2.24, 2.45) is 0 Å². The molecule has 0 aliphatic carbocycles. The monoisotopic (exact) mass is 301 g/mol. The van der Waals surface area contributed by atoms with Crippen LogP contribution in [0, 0.1) is 0 Å². The zero-order valence-electron chi connectivity index (χ0n) is 11.3. The van der Waals surface area contributed by atoms with Crippen LogP contribution in [0.3, 0.4) is 0 Å². The fraction of sp³-hybridized carbons (Fsp3) is 0.429. The van der Waals surface area contributed by atoms with E-state index in [0.717, 1.165) is 12.1 Å². The summed E-state index contributed by atoms with van der Waals surface area (Å²) in [4.78, 5) is 25.2. The molecule has 1 aliphatic heterocycles. The molecule has 1 fully saturated rings. The summed E-state index contributed by atoms with van der Waals surface area (Å²) in [5.74, 6) is -1.14. The van der Waals surface area contributed by atoms with Crippen molar-refractivity contribution in [2.75, 3.05) is 13.7 Å². The molecule has 1 amide bonds. The number of esters is 1. The van der Waals surface area contributed by atoms with E-state index in [9.17, 15) is 22.8 Å². The first-order chi connectivity index (χ1) is 9.84. The van der Waals surface area contributed by atoms with Crippen LogP contribution < -0.4 is 0 Å². The number of hydrogen-bond donors (Lipinski definition) is 0. The molecule has 21 heavy (non-hydrogen) atoms. The van der Waals surface area contributed by atoms with Gasteiger partial charge >= 0.3 is 12.1 Å². The summed E-state index contributed by atoms with van der Waals surface area (Å²) in [5.41, 5.74) is -0.970. The van der Waals surface area contributed by atoms with Crippen molar-refractivity contribution >= 4 is 11.9 Å². The highest BCUT2D eigenvalue weighted by Gasteiger charge is 2.36. The van der Waals surface area contributed by atoms with Crippen LogP contribution in [0.5, 0.6) is 0 Å². The number of benzene rings is 1. The molecule has 1 aliphatic rings. The fourth-order valence-electron chi connectivity index (χ4n) is 2.39. The molecule has 1 atom stereocenters. The fourth-order valence-corrected chi connectivity index (χ4v) is 2.39. The van der Waals surface area contributed by atoms with Crippen LogP contribution in [0.25, 0.3) is 0 Å². The summed E-state index contributed by atoms with van der Waals surface area (Å²) < 4.78 is 42.6. The second kappa shape index (κ2) is 5.75. The molecular weight excluding hydrogens is 287 g/mol. The van der Waals surface area contributed by atoms with Crippen LogP contribution in [-0.2, 0) is 15.7 Å². The molecule has 1 aromatic rings. The summed E-state index contributed by atoms with van der Waals surface area (Å²) >= 11 is 0. The van der Waals surface area contributed by atoms with Crippen molar-refractivity contribution in [3.63, 3.8) is 0 Å². The lowest BCUT2D eigenvalue weighted by atomic mass is 10.1. The van der Waals surface area contributed by atoms with Gasteiger partial charge in [0.1, 0.15) is 6.04 Å². The molecule has 1 unspecified atom stereocenters. The second-order valence-electron chi connectivity index (χ2n) is 4.76. The molecule has 2 rings (SSSR count). The van der Waals surface area contributed by atoms with Crippen LogP contribution in [0.15, 0.2) is 24.3 Å². The largest absolute Gasteiger partial charge is 0.467 e. The van der Waals surface area contributed by atoms with E-state index in [1.165, 1.54) is 24.1 Å². The molecule has 1 heterocycles. The number of likely N-dealkylation sites (tertiary alicyclic amines) is 1. The lowest BCUT2D eigenvalue weighted by molar-refractivity contribution is -0.145. The van der Waals surface area contributed by atoms with E-state index < -0.39 is 29.7 Å². The quantitative estimate of drug-likeness (QED) is 0.788. The first-order valence-corrected chi connectivity index (χ1v) is 6.40. The summed E-state index contributed by atoms with van der Waals surface area (Å²) in [7, 11) is 1.22. The Kier molecular flexibility index (Phi) is 4.20. The SMILES string of the molecule is COC(=O)C1CCCN1C(=O)c1cccc(C(F)(F)F)c1. The molecule has 1 aromatic carbocycles. The minimum atomic E-state index is -4.51. The van der Waals surface area contributed by atoms with E-state index in [2.05, 4.69) is 4.74 Å². The molecule has 4 nitrogen and oxygen atoms in total. The number of alkyl halides is 3. The number of nitrogens with zero attached hydrogens (tertiary/aromatic N) is 1. The van der Waals surface area contributed by atoms with Gasteiger partial charge in [0.05, 0.1) is 12.7 Å². The van der Waals surface area contributed by atoms with Gasteiger partial charge in [0.15, 0.2) is 0 Å². The number of ether oxygens (including phenoxy) is 1. The Hall–Kier alpha value is -2.05. The van der Waals surface area contributed by atoms with Gasteiger partial charge in [0, 0.05) is 12.1 Å². The Morgan fingerprint density at radius 3 is 2.67 bits per heavy atom. The van der Waals surface area contributed by atoms with E-state index in [0.29, 0.717) is 19.4 Å². The number of halogens is 3. The van der Waals surface area contributed by atoms with Crippen molar-refractivity contribution in [2.45, 2.75) is 25.1 Å². The lowest BCUT2D eigenvalue weighted by Gasteiger charge is -2.23. The number of methoxy groups -OCH3 is 1. The molecule has 0 N–H and O–H groups in total. The van der Waals surface area contributed by atoms with Gasteiger partial charge in [0.25, 0.3) is 5.91 Å². The highest BCUT2D eigenvalue weighted by molar-refractivity contribution is 5.97. The van der Waals surface area contributed by atoms with Crippen LogP contribution in [-0.4, -0.2) is 36.5 Å². The minimum absolute atomic E-state index is 0.0828. The summed E-state index contributed by atoms with van der Waals surface area (Å²) in [6, 6.07) is 3.47. The number of carbonyl (C=O) groups excluding carboxylic acids is 2. The smallest absolute Gasteiger partial charge is 0.416 e. The van der Waals surface area contributed by atoms with Crippen molar-refractivity contribution in [1.82, 2.24) is 4.90 Å². The van der Waals surface area contributed by atoms with Crippen molar-refractivity contribution in [1.29, 1.82) is 0 Å². The first-order valence-electron chi connectivity index (χ1n) is 6.40. The normalized spacial score (nSPS) is 18.7. The first kappa shape index (κ1) is 15.3. The summed E-state index contributed by atoms with van der Waals surface area (Å²) in [6.45, 7) is 0.328. The molecule has 0 radical (unpaired) electrons. The van der Waals surface area contributed by atoms with E-state index >= 15 is 0 Å². The zero-order chi connectivity index (χ0) is 15.6. The van der Waals surface area contributed by atoms with Gasteiger partial charge in [-0.3, -0.25) is 4.79 Å². The summed E-state index contributed by atoms with van der Waals surface area (Å²) in [6.07, 6.45) is -3.44. The Balaban J connectivity index is 2.26. The van der Waals surface area contributed by atoms with Crippen LogP contribution in [0.4, 0.5) is 13.2 Å². The molecule has 0 aromatic heterocycles. The lowest BCUT2D eigenvalue weighted by Crippen LogP contribution is -2.41. The average Bonchev–Trinajstić information content (AvgIpc) is 2.94. The van der Waals surface area contributed by atoms with E-state index in [-0.39, 0.29) is 5.56 Å². The standard InChI is InChI=1S/C14H14F3NO3/c1-21-13(20)11-6-3-7-18(11)12(19)9-4-2-5-10(8-9)14(15,16)17/h2,4-5,8,11H,3,6-7H2,1H3. The summed E-state index contributed by atoms with van der Waals surface area (Å²) in [5, 5.41) is 0. The maximum absolute atomic E-state index is 12.7.